The lowest BCUT2D eigenvalue weighted by atomic mass is 9.80. The molecule has 0 spiro atoms. The van der Waals surface area contributed by atoms with Gasteiger partial charge in [0.2, 0.25) is 0 Å². The number of aromatic hydroxyl groups is 1. The van der Waals surface area contributed by atoms with Gasteiger partial charge in [-0.2, -0.15) is 4.98 Å². The van der Waals surface area contributed by atoms with Crippen molar-refractivity contribution in [1.29, 1.82) is 0 Å². The number of benzene rings is 1. The Morgan fingerprint density at radius 3 is 2.95 bits per heavy atom. The van der Waals surface area contributed by atoms with E-state index in [0.717, 1.165) is 29.3 Å². The van der Waals surface area contributed by atoms with Gasteiger partial charge < -0.3 is 9.63 Å². The lowest BCUT2D eigenvalue weighted by Crippen LogP contribution is -2.14. The molecule has 112 valence electrons. The van der Waals surface area contributed by atoms with Gasteiger partial charge in [-0.1, -0.05) is 31.3 Å². The largest absolute Gasteiger partial charge is 0.508 e. The zero-order chi connectivity index (χ0) is 14.8. The van der Waals surface area contributed by atoms with Crippen LogP contribution in [0.25, 0.3) is 11.5 Å². The fourth-order valence-electron chi connectivity index (χ4n) is 3.20. The maximum Gasteiger partial charge on any atom is 0.257 e. The number of rotatable bonds is 3. The molecular formula is C17H22N2O2. The average Bonchev–Trinajstić information content (AvgIpc) is 3.00. The van der Waals surface area contributed by atoms with Gasteiger partial charge in [0.15, 0.2) is 5.82 Å². The van der Waals surface area contributed by atoms with Crippen LogP contribution in [-0.4, -0.2) is 15.2 Å². The van der Waals surface area contributed by atoms with E-state index in [1.165, 1.54) is 25.7 Å². The van der Waals surface area contributed by atoms with Crippen molar-refractivity contribution in [2.75, 3.05) is 0 Å². The molecule has 2 atom stereocenters. The highest BCUT2D eigenvalue weighted by atomic mass is 16.5. The molecule has 1 aromatic heterocycles. The van der Waals surface area contributed by atoms with Crippen LogP contribution in [0.1, 0.15) is 56.3 Å². The van der Waals surface area contributed by atoms with E-state index in [-0.39, 0.29) is 5.75 Å². The van der Waals surface area contributed by atoms with Crippen LogP contribution in [-0.2, 0) is 0 Å². The van der Waals surface area contributed by atoms with Crippen LogP contribution in [0.5, 0.6) is 5.75 Å². The molecule has 0 bridgehead atoms. The molecule has 1 heterocycles. The summed E-state index contributed by atoms with van der Waals surface area (Å²) in [5.41, 5.74) is 1.68. The number of phenols is 1. The molecule has 3 rings (SSSR count). The van der Waals surface area contributed by atoms with Crippen molar-refractivity contribution >= 4 is 0 Å². The van der Waals surface area contributed by atoms with Gasteiger partial charge in [-0.05, 0) is 49.4 Å². The third-order valence-corrected chi connectivity index (χ3v) is 4.61. The molecule has 21 heavy (non-hydrogen) atoms. The normalized spacial score (nSPS) is 22.4. The van der Waals surface area contributed by atoms with E-state index in [2.05, 4.69) is 17.1 Å². The van der Waals surface area contributed by atoms with Gasteiger partial charge in [0, 0.05) is 11.5 Å². The first-order valence-corrected chi connectivity index (χ1v) is 7.81. The number of aryl methyl sites for hydroxylation is 1. The smallest absolute Gasteiger partial charge is 0.257 e. The van der Waals surface area contributed by atoms with Crippen LogP contribution < -0.4 is 0 Å². The first kappa shape index (κ1) is 14.1. The highest BCUT2D eigenvalue weighted by molar-refractivity contribution is 5.56. The molecule has 0 saturated heterocycles. The summed E-state index contributed by atoms with van der Waals surface area (Å²) in [7, 11) is 0. The monoisotopic (exact) mass is 286 g/mol. The van der Waals surface area contributed by atoms with Crippen molar-refractivity contribution in [3.05, 3.63) is 29.6 Å². The zero-order valence-electron chi connectivity index (χ0n) is 12.7. The lowest BCUT2D eigenvalue weighted by molar-refractivity contribution is 0.300. The molecule has 0 aliphatic heterocycles. The molecule has 2 unspecified atom stereocenters. The Kier molecular flexibility index (Phi) is 3.95. The van der Waals surface area contributed by atoms with Crippen LogP contribution in [0.2, 0.25) is 0 Å². The van der Waals surface area contributed by atoms with E-state index in [1.54, 1.807) is 6.07 Å². The fourth-order valence-corrected chi connectivity index (χ4v) is 3.20. The minimum Gasteiger partial charge on any atom is -0.508 e. The molecule has 1 N–H and O–H groups in total. The minimum atomic E-state index is 0.288. The average molecular weight is 286 g/mol. The number of hydrogen-bond acceptors (Lipinski definition) is 4. The van der Waals surface area contributed by atoms with Crippen LogP contribution >= 0.6 is 0 Å². The molecular weight excluding hydrogens is 264 g/mol. The van der Waals surface area contributed by atoms with Gasteiger partial charge >= 0.3 is 0 Å². The summed E-state index contributed by atoms with van der Waals surface area (Å²) in [5, 5.41) is 13.8. The molecule has 4 heteroatoms. The third kappa shape index (κ3) is 2.94. The molecule has 0 radical (unpaired) electrons. The Morgan fingerprint density at radius 2 is 2.19 bits per heavy atom. The lowest BCUT2D eigenvalue weighted by Gasteiger charge is -2.26. The zero-order valence-corrected chi connectivity index (χ0v) is 12.7. The van der Waals surface area contributed by atoms with E-state index in [0.29, 0.717) is 11.8 Å². The predicted octanol–water partition coefficient (Wildman–Crippen LogP) is 4.43. The first-order valence-electron chi connectivity index (χ1n) is 7.81. The molecule has 1 aliphatic carbocycles. The Balaban J connectivity index is 1.81. The second-order valence-corrected chi connectivity index (χ2v) is 6.10. The number of hydrogen-bond donors (Lipinski definition) is 1. The van der Waals surface area contributed by atoms with Crippen LogP contribution in [0.4, 0.5) is 0 Å². The van der Waals surface area contributed by atoms with Gasteiger partial charge in [-0.25, -0.2) is 0 Å². The van der Waals surface area contributed by atoms with Crippen molar-refractivity contribution in [2.45, 2.75) is 51.9 Å². The summed E-state index contributed by atoms with van der Waals surface area (Å²) in [6.07, 6.45) is 6.15. The Hall–Kier alpha value is -1.84. The van der Waals surface area contributed by atoms with Gasteiger partial charge in [-0.15, -0.1) is 0 Å². The van der Waals surface area contributed by atoms with E-state index in [4.69, 9.17) is 4.52 Å². The summed E-state index contributed by atoms with van der Waals surface area (Å²) in [4.78, 5) is 4.58. The van der Waals surface area contributed by atoms with Gasteiger partial charge in [-0.3, -0.25) is 0 Å². The second kappa shape index (κ2) is 5.88. The van der Waals surface area contributed by atoms with Crippen molar-refractivity contribution < 1.29 is 9.63 Å². The summed E-state index contributed by atoms with van der Waals surface area (Å²) in [5.74, 6) is 2.90. The molecule has 0 amide bonds. The molecule has 1 aliphatic rings. The Bertz CT molecular complexity index is 621. The molecule has 1 aromatic carbocycles. The highest BCUT2D eigenvalue weighted by Crippen LogP contribution is 2.37. The molecule has 2 aromatic rings. The van der Waals surface area contributed by atoms with E-state index in [1.807, 2.05) is 19.1 Å². The van der Waals surface area contributed by atoms with Crippen LogP contribution in [0.15, 0.2) is 22.7 Å². The van der Waals surface area contributed by atoms with Crippen molar-refractivity contribution in [2.24, 2.45) is 5.92 Å². The van der Waals surface area contributed by atoms with Gasteiger partial charge in [0.1, 0.15) is 5.75 Å². The maximum atomic E-state index is 9.59. The predicted molar refractivity (Wildman–Crippen MR) is 81.1 cm³/mol. The number of phenolic OH excluding ortho intramolecular Hbond substituents is 1. The van der Waals surface area contributed by atoms with Gasteiger partial charge in [0.25, 0.3) is 5.89 Å². The highest BCUT2D eigenvalue weighted by Gasteiger charge is 2.26. The fraction of sp³-hybridized carbons (Fsp3) is 0.529. The Labute approximate surface area is 125 Å². The van der Waals surface area contributed by atoms with E-state index < -0.39 is 0 Å². The molecule has 1 saturated carbocycles. The van der Waals surface area contributed by atoms with E-state index in [9.17, 15) is 5.11 Å². The Morgan fingerprint density at radius 1 is 1.33 bits per heavy atom. The van der Waals surface area contributed by atoms with E-state index >= 15 is 0 Å². The van der Waals surface area contributed by atoms with Crippen molar-refractivity contribution in [3.8, 4) is 17.2 Å². The summed E-state index contributed by atoms with van der Waals surface area (Å²) < 4.78 is 5.42. The number of nitrogens with zero attached hydrogens (tertiary/aromatic N) is 2. The summed E-state index contributed by atoms with van der Waals surface area (Å²) in [6.45, 7) is 4.12. The van der Waals surface area contributed by atoms with Gasteiger partial charge in [0.05, 0.1) is 0 Å². The summed E-state index contributed by atoms with van der Waals surface area (Å²) >= 11 is 0. The number of aromatic nitrogens is 2. The minimum absolute atomic E-state index is 0.288. The van der Waals surface area contributed by atoms with Crippen LogP contribution in [0.3, 0.4) is 0 Å². The topological polar surface area (TPSA) is 59.2 Å². The second-order valence-electron chi connectivity index (χ2n) is 6.10. The SMILES string of the molecule is CCC1CCCC(c2noc(-c3ccc(O)c(C)c3)n2)C1. The quantitative estimate of drug-likeness (QED) is 0.906. The maximum absolute atomic E-state index is 9.59. The first-order chi connectivity index (χ1) is 10.2. The molecule has 1 fully saturated rings. The molecule has 4 nitrogen and oxygen atoms in total. The van der Waals surface area contributed by atoms with Crippen LogP contribution in [0, 0.1) is 12.8 Å². The summed E-state index contributed by atoms with van der Waals surface area (Å²) in [6, 6.07) is 5.36. The van der Waals surface area contributed by atoms with Crippen molar-refractivity contribution in [1.82, 2.24) is 10.1 Å². The standard InChI is InChI=1S/C17H22N2O2/c1-3-12-5-4-6-13(10-12)16-18-17(21-19-16)14-7-8-15(20)11(2)9-14/h7-9,12-13,20H,3-6,10H2,1-2H3. The third-order valence-electron chi connectivity index (χ3n) is 4.61. The van der Waals surface area contributed by atoms with Crippen molar-refractivity contribution in [3.63, 3.8) is 0 Å².